The van der Waals surface area contributed by atoms with Gasteiger partial charge in [-0.1, -0.05) is 22.0 Å². The minimum absolute atomic E-state index is 0.0191. The fourth-order valence-electron chi connectivity index (χ4n) is 1.52. The van der Waals surface area contributed by atoms with E-state index in [9.17, 15) is 0 Å². The molecule has 0 bridgehead atoms. The zero-order valence-electron chi connectivity index (χ0n) is 12.1. The first-order valence-corrected chi connectivity index (χ1v) is 8.27. The van der Waals surface area contributed by atoms with Gasteiger partial charge in [0.15, 0.2) is 0 Å². The molecule has 0 fully saturated rings. The second kappa shape index (κ2) is 7.61. The van der Waals surface area contributed by atoms with Crippen molar-refractivity contribution in [3.8, 4) is 6.01 Å². The Labute approximate surface area is 137 Å². The molecule has 0 atom stereocenters. The zero-order valence-corrected chi connectivity index (χ0v) is 14.5. The van der Waals surface area contributed by atoms with Crippen LogP contribution in [0.5, 0.6) is 6.01 Å². The van der Waals surface area contributed by atoms with Crippen molar-refractivity contribution in [2.75, 3.05) is 11.9 Å². The molecule has 5 nitrogen and oxygen atoms in total. The Morgan fingerprint density at radius 3 is 2.76 bits per heavy atom. The normalized spacial score (nSPS) is 10.7. The van der Waals surface area contributed by atoms with Crippen LogP contribution in [-0.2, 0) is 0 Å². The molecule has 0 aliphatic carbocycles. The van der Waals surface area contributed by atoms with Crippen molar-refractivity contribution >= 4 is 33.6 Å². The summed E-state index contributed by atoms with van der Waals surface area (Å²) in [5.74, 6) is 0.528. The van der Waals surface area contributed by atoms with Crippen LogP contribution in [0.3, 0.4) is 0 Å². The van der Waals surface area contributed by atoms with Gasteiger partial charge in [-0.25, -0.2) is 0 Å². The van der Waals surface area contributed by atoms with Crippen LogP contribution in [0.25, 0.3) is 0 Å². The highest BCUT2D eigenvalue weighted by molar-refractivity contribution is 9.10. The lowest BCUT2D eigenvalue weighted by Crippen LogP contribution is -2.11. The number of ether oxygens (including phenoxy) is 1. The van der Waals surface area contributed by atoms with E-state index in [1.807, 2.05) is 45.0 Å². The van der Waals surface area contributed by atoms with Gasteiger partial charge in [-0.05, 0) is 50.7 Å². The molecule has 0 spiro atoms. The molecule has 0 aliphatic rings. The van der Waals surface area contributed by atoms with Gasteiger partial charge in [-0.15, -0.1) is 0 Å². The summed E-state index contributed by atoms with van der Waals surface area (Å²) in [7, 11) is 0. The van der Waals surface area contributed by atoms with Gasteiger partial charge in [0.05, 0.1) is 6.10 Å². The predicted octanol–water partition coefficient (Wildman–Crippen LogP) is 4.00. The number of hydrogen-bond acceptors (Lipinski definition) is 6. The fraction of sp³-hybridized carbons (Fsp3) is 0.357. The molecule has 0 saturated carbocycles. The SMILES string of the molecule is CCNc1nc(OC(C)C)nc(Sc2cccc(Br)c2)n1. The van der Waals surface area contributed by atoms with Crippen LogP contribution >= 0.6 is 27.7 Å². The molecule has 1 N–H and O–H groups in total. The summed E-state index contributed by atoms with van der Waals surface area (Å²) in [6.45, 7) is 6.62. The number of rotatable bonds is 6. The molecule has 7 heteroatoms. The molecule has 1 aromatic carbocycles. The van der Waals surface area contributed by atoms with Gasteiger partial charge in [0.1, 0.15) is 0 Å². The molecule has 0 saturated heterocycles. The number of aromatic nitrogens is 3. The van der Waals surface area contributed by atoms with Gasteiger partial charge in [0.25, 0.3) is 0 Å². The highest BCUT2D eigenvalue weighted by atomic mass is 79.9. The summed E-state index contributed by atoms with van der Waals surface area (Å²) in [6, 6.07) is 8.33. The lowest BCUT2D eigenvalue weighted by molar-refractivity contribution is 0.219. The van der Waals surface area contributed by atoms with E-state index in [0.29, 0.717) is 17.1 Å². The number of nitrogens with one attached hydrogen (secondary N) is 1. The van der Waals surface area contributed by atoms with E-state index < -0.39 is 0 Å². The molecule has 0 aliphatic heterocycles. The van der Waals surface area contributed by atoms with Crippen molar-refractivity contribution < 1.29 is 4.74 Å². The first kappa shape index (κ1) is 16.0. The van der Waals surface area contributed by atoms with Crippen molar-refractivity contribution in [3.05, 3.63) is 28.7 Å². The highest BCUT2D eigenvalue weighted by Gasteiger charge is 2.10. The van der Waals surface area contributed by atoms with Crippen LogP contribution in [0.2, 0.25) is 0 Å². The Balaban J connectivity index is 2.26. The topological polar surface area (TPSA) is 59.9 Å². The Kier molecular flexibility index (Phi) is 5.81. The molecule has 1 heterocycles. The Bertz CT molecular complexity index is 609. The Morgan fingerprint density at radius 1 is 1.29 bits per heavy atom. The van der Waals surface area contributed by atoms with Crippen LogP contribution in [0.4, 0.5) is 5.95 Å². The van der Waals surface area contributed by atoms with E-state index in [4.69, 9.17) is 4.74 Å². The predicted molar refractivity (Wildman–Crippen MR) is 88.0 cm³/mol. The Hall–Kier alpha value is -1.34. The van der Waals surface area contributed by atoms with Crippen LogP contribution in [0.1, 0.15) is 20.8 Å². The van der Waals surface area contributed by atoms with Gasteiger partial charge in [-0.3, -0.25) is 0 Å². The zero-order chi connectivity index (χ0) is 15.2. The largest absolute Gasteiger partial charge is 0.461 e. The van der Waals surface area contributed by atoms with E-state index in [-0.39, 0.29) is 6.10 Å². The van der Waals surface area contributed by atoms with Crippen molar-refractivity contribution in [1.29, 1.82) is 0 Å². The number of hydrogen-bond donors (Lipinski definition) is 1. The van der Waals surface area contributed by atoms with Crippen molar-refractivity contribution in [2.45, 2.75) is 36.9 Å². The lowest BCUT2D eigenvalue weighted by Gasteiger charge is -2.10. The summed E-state index contributed by atoms with van der Waals surface area (Å²) in [6.07, 6.45) is 0.0191. The van der Waals surface area contributed by atoms with E-state index in [1.165, 1.54) is 11.8 Å². The summed E-state index contributed by atoms with van der Waals surface area (Å²) in [5.41, 5.74) is 0. The number of anilines is 1. The molecule has 1 aromatic heterocycles. The molecule has 2 aromatic rings. The van der Waals surface area contributed by atoms with Gasteiger partial charge >= 0.3 is 6.01 Å². The minimum Gasteiger partial charge on any atom is -0.461 e. The maximum absolute atomic E-state index is 5.58. The van der Waals surface area contributed by atoms with Crippen LogP contribution in [0.15, 0.2) is 38.8 Å². The third-order valence-corrected chi connectivity index (χ3v) is 3.62. The highest BCUT2D eigenvalue weighted by Crippen LogP contribution is 2.28. The summed E-state index contributed by atoms with van der Waals surface area (Å²) < 4.78 is 6.60. The smallest absolute Gasteiger partial charge is 0.322 e. The second-order valence-corrected chi connectivity index (χ2v) is 6.44. The van der Waals surface area contributed by atoms with E-state index in [0.717, 1.165) is 15.9 Å². The molecular formula is C14H17BrN4OS. The number of nitrogens with zero attached hydrogens (tertiary/aromatic N) is 3. The third kappa shape index (κ3) is 5.17. The lowest BCUT2D eigenvalue weighted by atomic mass is 10.4. The van der Waals surface area contributed by atoms with Gasteiger partial charge in [0.2, 0.25) is 11.1 Å². The number of benzene rings is 1. The standard InChI is InChI=1S/C14H17BrN4OS/c1-4-16-12-17-13(20-9(2)3)19-14(18-12)21-11-7-5-6-10(15)8-11/h5-9H,4H2,1-3H3,(H,16,17,18,19). The molecule has 21 heavy (non-hydrogen) atoms. The van der Waals surface area contributed by atoms with Crippen molar-refractivity contribution in [1.82, 2.24) is 15.0 Å². The van der Waals surface area contributed by atoms with E-state index in [2.05, 4.69) is 36.2 Å². The first-order chi connectivity index (χ1) is 10.1. The minimum atomic E-state index is 0.0191. The maximum Gasteiger partial charge on any atom is 0.322 e. The fourth-order valence-corrected chi connectivity index (χ4v) is 2.87. The average molecular weight is 369 g/mol. The molecule has 112 valence electrons. The summed E-state index contributed by atoms with van der Waals surface area (Å²) >= 11 is 4.93. The molecule has 0 amide bonds. The summed E-state index contributed by atoms with van der Waals surface area (Å²) in [5, 5.41) is 3.70. The quantitative estimate of drug-likeness (QED) is 0.831. The molecule has 0 radical (unpaired) electrons. The number of halogens is 1. The van der Waals surface area contributed by atoms with Crippen molar-refractivity contribution in [3.63, 3.8) is 0 Å². The van der Waals surface area contributed by atoms with Crippen LogP contribution in [0, 0.1) is 0 Å². The van der Waals surface area contributed by atoms with Crippen LogP contribution < -0.4 is 10.1 Å². The maximum atomic E-state index is 5.58. The molecule has 2 rings (SSSR count). The van der Waals surface area contributed by atoms with E-state index in [1.54, 1.807) is 0 Å². The molecule has 0 unspecified atom stereocenters. The molecular weight excluding hydrogens is 352 g/mol. The third-order valence-electron chi connectivity index (χ3n) is 2.28. The van der Waals surface area contributed by atoms with Gasteiger partial charge < -0.3 is 10.1 Å². The first-order valence-electron chi connectivity index (χ1n) is 6.67. The van der Waals surface area contributed by atoms with Gasteiger partial charge in [-0.2, -0.15) is 15.0 Å². The average Bonchev–Trinajstić information content (AvgIpc) is 2.37. The second-order valence-electron chi connectivity index (χ2n) is 4.48. The van der Waals surface area contributed by atoms with E-state index >= 15 is 0 Å². The van der Waals surface area contributed by atoms with Crippen molar-refractivity contribution in [2.24, 2.45) is 0 Å². The van der Waals surface area contributed by atoms with Gasteiger partial charge in [0, 0.05) is 15.9 Å². The Morgan fingerprint density at radius 2 is 2.10 bits per heavy atom. The summed E-state index contributed by atoms with van der Waals surface area (Å²) in [4.78, 5) is 14.0. The van der Waals surface area contributed by atoms with Crippen LogP contribution in [-0.4, -0.2) is 27.6 Å². The monoisotopic (exact) mass is 368 g/mol.